The number of imidazole rings is 1. The second kappa shape index (κ2) is 3.95. The number of hydrogen-bond acceptors (Lipinski definition) is 4. The molecule has 2 heterocycles. The third-order valence-electron chi connectivity index (χ3n) is 1.97. The van der Waals surface area contributed by atoms with E-state index in [1.807, 2.05) is 16.8 Å². The van der Waals surface area contributed by atoms with E-state index in [2.05, 4.69) is 22.4 Å². The minimum atomic E-state index is 0.608. The molecule has 1 N–H and O–H groups in total. The van der Waals surface area contributed by atoms with Crippen molar-refractivity contribution in [1.29, 1.82) is 0 Å². The Kier molecular flexibility index (Phi) is 2.48. The smallest absolute Gasteiger partial charge is 0.203 e. The largest absolute Gasteiger partial charge is 0.360 e. The number of rotatable bonds is 4. The summed E-state index contributed by atoms with van der Waals surface area (Å²) in [5.74, 6) is 1.65. The average molecular weight is 192 g/mol. The molecule has 14 heavy (non-hydrogen) atoms. The molecule has 0 saturated heterocycles. The van der Waals surface area contributed by atoms with Crippen molar-refractivity contribution in [2.45, 2.75) is 20.0 Å². The highest BCUT2D eigenvalue weighted by atomic mass is 16.5. The van der Waals surface area contributed by atoms with Gasteiger partial charge in [0.05, 0.1) is 12.7 Å². The van der Waals surface area contributed by atoms with Gasteiger partial charge in [-0.1, -0.05) is 5.16 Å². The molecule has 0 aliphatic carbocycles. The molecule has 0 amide bonds. The molecule has 0 bridgehead atoms. The van der Waals surface area contributed by atoms with E-state index < -0.39 is 0 Å². The second-order valence-corrected chi connectivity index (χ2v) is 2.87. The lowest BCUT2D eigenvalue weighted by molar-refractivity contribution is 0.387. The first kappa shape index (κ1) is 8.80. The lowest BCUT2D eigenvalue weighted by Crippen LogP contribution is -2.05. The first-order chi connectivity index (χ1) is 6.90. The van der Waals surface area contributed by atoms with Gasteiger partial charge in [0.25, 0.3) is 0 Å². The van der Waals surface area contributed by atoms with E-state index in [9.17, 15) is 0 Å². The summed E-state index contributed by atoms with van der Waals surface area (Å²) >= 11 is 0. The van der Waals surface area contributed by atoms with Gasteiger partial charge in [0.15, 0.2) is 5.76 Å². The second-order valence-electron chi connectivity index (χ2n) is 2.87. The lowest BCUT2D eigenvalue weighted by atomic mass is 10.4. The molecule has 0 spiro atoms. The summed E-state index contributed by atoms with van der Waals surface area (Å²) in [6, 6.07) is 1.83. The number of nitrogens with one attached hydrogen (secondary N) is 1. The average Bonchev–Trinajstić information content (AvgIpc) is 2.85. The Morgan fingerprint density at radius 2 is 2.43 bits per heavy atom. The zero-order valence-corrected chi connectivity index (χ0v) is 7.97. The molecular formula is C9H12N4O. The van der Waals surface area contributed by atoms with E-state index in [1.54, 1.807) is 12.4 Å². The Morgan fingerprint density at radius 1 is 1.50 bits per heavy atom. The maximum Gasteiger partial charge on any atom is 0.203 e. The van der Waals surface area contributed by atoms with Crippen LogP contribution in [0.3, 0.4) is 0 Å². The van der Waals surface area contributed by atoms with Gasteiger partial charge in [0.2, 0.25) is 5.95 Å². The van der Waals surface area contributed by atoms with Crippen molar-refractivity contribution >= 4 is 5.95 Å². The van der Waals surface area contributed by atoms with Crippen LogP contribution in [0.5, 0.6) is 0 Å². The van der Waals surface area contributed by atoms with Crippen LogP contribution in [0, 0.1) is 0 Å². The molecule has 0 aliphatic rings. The molecule has 5 nitrogen and oxygen atoms in total. The van der Waals surface area contributed by atoms with Crippen LogP contribution in [0.4, 0.5) is 5.95 Å². The van der Waals surface area contributed by atoms with E-state index >= 15 is 0 Å². The number of nitrogens with zero attached hydrogens (tertiary/aromatic N) is 3. The Balaban J connectivity index is 1.98. The summed E-state index contributed by atoms with van der Waals surface area (Å²) in [7, 11) is 0. The van der Waals surface area contributed by atoms with Gasteiger partial charge < -0.3 is 14.4 Å². The molecule has 0 atom stereocenters. The van der Waals surface area contributed by atoms with Gasteiger partial charge in [-0.25, -0.2) is 4.98 Å². The Labute approximate surface area is 81.7 Å². The first-order valence-electron chi connectivity index (χ1n) is 4.54. The number of aryl methyl sites for hydroxylation is 1. The van der Waals surface area contributed by atoms with Crippen molar-refractivity contribution < 1.29 is 4.52 Å². The van der Waals surface area contributed by atoms with Crippen LogP contribution in [0.25, 0.3) is 0 Å². The normalized spacial score (nSPS) is 10.4. The summed E-state index contributed by atoms with van der Waals surface area (Å²) in [6.45, 7) is 3.58. The Bertz CT molecular complexity index is 379. The van der Waals surface area contributed by atoms with Gasteiger partial charge >= 0.3 is 0 Å². The number of hydrogen-bond donors (Lipinski definition) is 1. The maximum absolute atomic E-state index is 4.96. The molecule has 2 aromatic heterocycles. The number of anilines is 1. The van der Waals surface area contributed by atoms with E-state index in [0.29, 0.717) is 6.54 Å². The zero-order chi connectivity index (χ0) is 9.80. The van der Waals surface area contributed by atoms with Crippen molar-refractivity contribution in [2.75, 3.05) is 5.32 Å². The Hall–Kier alpha value is -1.78. The van der Waals surface area contributed by atoms with Gasteiger partial charge in [-0.2, -0.15) is 0 Å². The van der Waals surface area contributed by atoms with Crippen LogP contribution in [0.15, 0.2) is 29.2 Å². The van der Waals surface area contributed by atoms with E-state index in [4.69, 9.17) is 4.52 Å². The van der Waals surface area contributed by atoms with Crippen molar-refractivity contribution in [3.63, 3.8) is 0 Å². The van der Waals surface area contributed by atoms with Crippen molar-refractivity contribution in [3.05, 3.63) is 30.4 Å². The highest BCUT2D eigenvalue weighted by Gasteiger charge is 2.01. The lowest BCUT2D eigenvalue weighted by Gasteiger charge is -2.05. The van der Waals surface area contributed by atoms with Gasteiger partial charge in [-0.05, 0) is 6.92 Å². The molecule has 0 radical (unpaired) electrons. The Morgan fingerprint density at radius 3 is 3.14 bits per heavy atom. The molecule has 0 saturated carbocycles. The monoisotopic (exact) mass is 192 g/mol. The first-order valence-corrected chi connectivity index (χ1v) is 4.54. The molecule has 0 aromatic carbocycles. The molecule has 2 aromatic rings. The minimum Gasteiger partial charge on any atom is -0.360 e. The molecule has 5 heteroatoms. The highest BCUT2D eigenvalue weighted by Crippen LogP contribution is 2.06. The van der Waals surface area contributed by atoms with Crippen LogP contribution >= 0.6 is 0 Å². The fourth-order valence-electron chi connectivity index (χ4n) is 1.23. The van der Waals surface area contributed by atoms with Crippen LogP contribution in [0.1, 0.15) is 12.7 Å². The van der Waals surface area contributed by atoms with Crippen molar-refractivity contribution in [1.82, 2.24) is 14.7 Å². The molecule has 2 rings (SSSR count). The molecule has 0 fully saturated rings. The SMILES string of the molecule is CCn1ccnc1NCc1ccno1. The van der Waals surface area contributed by atoms with Gasteiger partial charge in [0, 0.05) is 25.0 Å². The van der Waals surface area contributed by atoms with Crippen LogP contribution < -0.4 is 5.32 Å². The quantitative estimate of drug-likeness (QED) is 0.797. The third kappa shape index (κ3) is 1.76. The predicted octanol–water partition coefficient (Wildman–Crippen LogP) is 1.50. The standard InChI is InChI=1S/C9H12N4O/c1-2-13-6-5-10-9(13)11-7-8-3-4-12-14-8/h3-6H,2,7H2,1H3,(H,10,11). The number of aromatic nitrogens is 3. The maximum atomic E-state index is 4.96. The summed E-state index contributed by atoms with van der Waals surface area (Å²) in [5, 5.41) is 6.79. The third-order valence-corrected chi connectivity index (χ3v) is 1.97. The van der Waals surface area contributed by atoms with Gasteiger partial charge in [-0.3, -0.25) is 0 Å². The summed E-state index contributed by atoms with van der Waals surface area (Å²) < 4.78 is 6.98. The van der Waals surface area contributed by atoms with E-state index in [0.717, 1.165) is 18.3 Å². The highest BCUT2D eigenvalue weighted by molar-refractivity contribution is 5.26. The predicted molar refractivity (Wildman–Crippen MR) is 51.7 cm³/mol. The minimum absolute atomic E-state index is 0.608. The fourth-order valence-corrected chi connectivity index (χ4v) is 1.23. The van der Waals surface area contributed by atoms with Gasteiger partial charge in [-0.15, -0.1) is 0 Å². The summed E-state index contributed by atoms with van der Waals surface area (Å²) in [5.41, 5.74) is 0. The van der Waals surface area contributed by atoms with Crippen LogP contribution in [-0.2, 0) is 13.1 Å². The summed E-state index contributed by atoms with van der Waals surface area (Å²) in [6.07, 6.45) is 5.33. The van der Waals surface area contributed by atoms with E-state index in [1.165, 1.54) is 0 Å². The molecular weight excluding hydrogens is 180 g/mol. The van der Waals surface area contributed by atoms with Crippen molar-refractivity contribution in [3.8, 4) is 0 Å². The molecule has 74 valence electrons. The fraction of sp³-hybridized carbons (Fsp3) is 0.333. The van der Waals surface area contributed by atoms with Crippen LogP contribution in [-0.4, -0.2) is 14.7 Å². The molecule has 0 aliphatic heterocycles. The van der Waals surface area contributed by atoms with Crippen LogP contribution in [0.2, 0.25) is 0 Å². The zero-order valence-electron chi connectivity index (χ0n) is 7.97. The van der Waals surface area contributed by atoms with Crippen molar-refractivity contribution in [2.24, 2.45) is 0 Å². The topological polar surface area (TPSA) is 55.9 Å². The van der Waals surface area contributed by atoms with Gasteiger partial charge in [0.1, 0.15) is 0 Å². The summed E-state index contributed by atoms with van der Waals surface area (Å²) in [4.78, 5) is 4.18. The molecule has 0 unspecified atom stereocenters. The van der Waals surface area contributed by atoms with E-state index in [-0.39, 0.29) is 0 Å².